The Morgan fingerprint density at radius 1 is 1.03 bits per heavy atom. The number of unbranched alkanes of at least 4 members (excludes halogenated alkanes) is 2. The lowest BCUT2D eigenvalue weighted by molar-refractivity contribution is -0.132. The standard InChI is InChI=1S/C31H30N2O5S/c1-4-5-6-16-38-23-9-7-8-21(18-23)27-26(28(34)20-11-13-22(37-3)14-12-20)29(35)30(36)33(27)31-32-24-15-10-19(2)17-25(24)39-31/h7-15,17-18,27,34H,4-6,16H2,1-3H3. The second-order valence-corrected chi connectivity index (χ2v) is 10.5. The Morgan fingerprint density at radius 2 is 1.82 bits per heavy atom. The van der Waals surface area contributed by atoms with Gasteiger partial charge in [0.05, 0.1) is 35.5 Å². The van der Waals surface area contributed by atoms with E-state index in [0.717, 1.165) is 35.0 Å². The third-order valence-electron chi connectivity index (χ3n) is 6.74. The highest BCUT2D eigenvalue weighted by Crippen LogP contribution is 2.45. The molecule has 1 aromatic heterocycles. The second-order valence-electron chi connectivity index (χ2n) is 9.49. The molecule has 1 aliphatic heterocycles. The van der Waals surface area contributed by atoms with Crippen LogP contribution < -0.4 is 14.4 Å². The summed E-state index contributed by atoms with van der Waals surface area (Å²) in [5, 5.41) is 11.8. The highest BCUT2D eigenvalue weighted by molar-refractivity contribution is 7.22. The molecule has 1 amide bonds. The Kier molecular flexibility index (Phi) is 7.65. The summed E-state index contributed by atoms with van der Waals surface area (Å²) in [6, 6.07) is 19.0. The van der Waals surface area contributed by atoms with E-state index in [1.807, 2.05) is 49.4 Å². The average Bonchev–Trinajstić information content (AvgIpc) is 3.48. The van der Waals surface area contributed by atoms with E-state index in [-0.39, 0.29) is 11.3 Å². The number of rotatable bonds is 9. The summed E-state index contributed by atoms with van der Waals surface area (Å²) >= 11 is 1.34. The van der Waals surface area contributed by atoms with Gasteiger partial charge < -0.3 is 14.6 Å². The van der Waals surface area contributed by atoms with Crippen LogP contribution in [0.4, 0.5) is 5.13 Å². The first-order valence-corrected chi connectivity index (χ1v) is 13.8. The number of aromatic nitrogens is 1. The Labute approximate surface area is 231 Å². The van der Waals surface area contributed by atoms with Gasteiger partial charge >= 0.3 is 5.91 Å². The molecule has 0 bridgehead atoms. The largest absolute Gasteiger partial charge is 0.507 e. The lowest BCUT2D eigenvalue weighted by Crippen LogP contribution is -2.29. The zero-order valence-electron chi connectivity index (χ0n) is 22.1. The molecule has 1 fully saturated rings. The molecule has 1 unspecified atom stereocenters. The summed E-state index contributed by atoms with van der Waals surface area (Å²) in [7, 11) is 1.55. The molecule has 1 aliphatic rings. The lowest BCUT2D eigenvalue weighted by atomic mass is 9.95. The van der Waals surface area contributed by atoms with Crippen LogP contribution in [0.15, 0.2) is 72.3 Å². The van der Waals surface area contributed by atoms with Crippen LogP contribution in [0.5, 0.6) is 11.5 Å². The molecule has 0 aliphatic carbocycles. The molecule has 0 spiro atoms. The van der Waals surface area contributed by atoms with Gasteiger partial charge in [0.1, 0.15) is 17.3 Å². The molecule has 39 heavy (non-hydrogen) atoms. The van der Waals surface area contributed by atoms with Crippen LogP contribution in [0.25, 0.3) is 16.0 Å². The zero-order chi connectivity index (χ0) is 27.5. The third kappa shape index (κ3) is 5.25. The Bertz CT molecular complexity index is 1560. The number of carbonyl (C=O) groups is 2. The van der Waals surface area contributed by atoms with E-state index in [4.69, 9.17) is 14.5 Å². The van der Waals surface area contributed by atoms with Crippen molar-refractivity contribution in [3.63, 3.8) is 0 Å². The summed E-state index contributed by atoms with van der Waals surface area (Å²) < 4.78 is 12.1. The van der Waals surface area contributed by atoms with E-state index in [2.05, 4.69) is 6.92 Å². The van der Waals surface area contributed by atoms with Crippen molar-refractivity contribution >= 4 is 44.1 Å². The zero-order valence-corrected chi connectivity index (χ0v) is 23.0. The van der Waals surface area contributed by atoms with E-state index in [1.54, 1.807) is 31.4 Å². The van der Waals surface area contributed by atoms with Gasteiger partial charge in [0.15, 0.2) is 5.13 Å². The second kappa shape index (κ2) is 11.3. The van der Waals surface area contributed by atoms with Crippen LogP contribution in [0, 0.1) is 6.92 Å². The van der Waals surface area contributed by atoms with Gasteiger partial charge in [-0.3, -0.25) is 14.5 Å². The van der Waals surface area contributed by atoms with Crippen molar-refractivity contribution in [2.75, 3.05) is 18.6 Å². The molecule has 4 aromatic rings. The average molecular weight is 543 g/mol. The van der Waals surface area contributed by atoms with Crippen molar-refractivity contribution < 1.29 is 24.2 Å². The summed E-state index contributed by atoms with van der Waals surface area (Å²) in [5.41, 5.74) is 2.87. The van der Waals surface area contributed by atoms with Crippen molar-refractivity contribution in [1.29, 1.82) is 0 Å². The third-order valence-corrected chi connectivity index (χ3v) is 7.75. The van der Waals surface area contributed by atoms with Gasteiger partial charge in [0.25, 0.3) is 5.78 Å². The number of aryl methyl sites for hydroxylation is 1. The van der Waals surface area contributed by atoms with Crippen LogP contribution >= 0.6 is 11.3 Å². The van der Waals surface area contributed by atoms with Crippen LogP contribution in [0.1, 0.15) is 48.9 Å². The number of ether oxygens (including phenoxy) is 2. The number of fused-ring (bicyclic) bond motifs is 1. The van der Waals surface area contributed by atoms with E-state index >= 15 is 0 Å². The maximum atomic E-state index is 13.6. The predicted molar refractivity (Wildman–Crippen MR) is 154 cm³/mol. The highest BCUT2D eigenvalue weighted by atomic mass is 32.1. The lowest BCUT2D eigenvalue weighted by Gasteiger charge is -2.23. The molecule has 7 nitrogen and oxygen atoms in total. The Hall–Kier alpha value is -4.17. The van der Waals surface area contributed by atoms with Crippen molar-refractivity contribution in [2.45, 2.75) is 39.2 Å². The van der Waals surface area contributed by atoms with E-state index in [0.29, 0.717) is 34.4 Å². The number of ketones is 1. The molecule has 2 heterocycles. The molecule has 8 heteroatoms. The minimum atomic E-state index is -0.882. The number of nitrogens with zero attached hydrogens (tertiary/aromatic N) is 2. The monoisotopic (exact) mass is 542 g/mol. The van der Waals surface area contributed by atoms with Gasteiger partial charge in [-0.15, -0.1) is 0 Å². The molecule has 0 radical (unpaired) electrons. The molecule has 0 saturated carbocycles. The number of hydrogen-bond acceptors (Lipinski definition) is 7. The number of hydrogen-bond donors (Lipinski definition) is 1. The summed E-state index contributed by atoms with van der Waals surface area (Å²) in [4.78, 5) is 33.2. The number of anilines is 1. The van der Waals surface area contributed by atoms with Gasteiger partial charge in [-0.05, 0) is 73.0 Å². The van der Waals surface area contributed by atoms with Gasteiger partial charge in [-0.1, -0.05) is 49.3 Å². The van der Waals surface area contributed by atoms with Crippen LogP contribution in [-0.4, -0.2) is 35.5 Å². The van der Waals surface area contributed by atoms with Gasteiger partial charge in [0.2, 0.25) is 0 Å². The first-order valence-electron chi connectivity index (χ1n) is 13.0. The molecule has 200 valence electrons. The summed E-state index contributed by atoms with van der Waals surface area (Å²) in [5.74, 6) is -0.507. The van der Waals surface area contributed by atoms with Crippen molar-refractivity contribution in [3.05, 3.63) is 89.0 Å². The van der Waals surface area contributed by atoms with Crippen LogP contribution in [-0.2, 0) is 9.59 Å². The maximum Gasteiger partial charge on any atom is 0.301 e. The number of methoxy groups -OCH3 is 1. The minimum Gasteiger partial charge on any atom is -0.507 e. The molecule has 1 N–H and O–H groups in total. The summed E-state index contributed by atoms with van der Waals surface area (Å²) in [6.45, 7) is 4.70. The van der Waals surface area contributed by atoms with E-state index < -0.39 is 17.7 Å². The number of aliphatic hydroxyl groups is 1. The topological polar surface area (TPSA) is 89.0 Å². The smallest absolute Gasteiger partial charge is 0.301 e. The maximum absolute atomic E-state index is 13.6. The number of amides is 1. The highest BCUT2D eigenvalue weighted by Gasteiger charge is 2.48. The van der Waals surface area contributed by atoms with E-state index in [1.165, 1.54) is 16.2 Å². The van der Waals surface area contributed by atoms with Gasteiger partial charge in [-0.25, -0.2) is 4.98 Å². The molecule has 1 atom stereocenters. The minimum absolute atomic E-state index is 0.00346. The summed E-state index contributed by atoms with van der Waals surface area (Å²) in [6.07, 6.45) is 3.09. The van der Waals surface area contributed by atoms with Crippen molar-refractivity contribution in [1.82, 2.24) is 4.98 Å². The Morgan fingerprint density at radius 3 is 2.56 bits per heavy atom. The number of Topliss-reactive ketones (excluding diaryl/α,β-unsaturated/α-hetero) is 1. The fourth-order valence-corrected chi connectivity index (χ4v) is 5.78. The normalized spacial score (nSPS) is 16.7. The first kappa shape index (κ1) is 26.4. The number of carbonyl (C=O) groups excluding carboxylic acids is 2. The van der Waals surface area contributed by atoms with Gasteiger partial charge in [0, 0.05) is 5.56 Å². The fourth-order valence-electron chi connectivity index (χ4n) is 4.69. The van der Waals surface area contributed by atoms with Crippen LogP contribution in [0.2, 0.25) is 0 Å². The molecular weight excluding hydrogens is 512 g/mol. The number of benzene rings is 3. The Balaban J connectivity index is 1.63. The predicted octanol–water partition coefficient (Wildman–Crippen LogP) is 6.81. The van der Waals surface area contributed by atoms with Gasteiger partial charge in [-0.2, -0.15) is 0 Å². The van der Waals surface area contributed by atoms with Crippen molar-refractivity contribution in [3.8, 4) is 11.5 Å². The molecule has 3 aromatic carbocycles. The number of thiazole rings is 1. The molecular formula is C31H30N2O5S. The number of aliphatic hydroxyl groups excluding tert-OH is 1. The van der Waals surface area contributed by atoms with Crippen molar-refractivity contribution in [2.24, 2.45) is 0 Å². The quantitative estimate of drug-likeness (QED) is 0.108. The van der Waals surface area contributed by atoms with E-state index in [9.17, 15) is 14.7 Å². The first-order chi connectivity index (χ1) is 18.9. The SMILES string of the molecule is CCCCCOc1cccc(C2C(=C(O)c3ccc(OC)cc3)C(=O)C(=O)N2c2nc3ccc(C)cc3s2)c1. The molecule has 5 rings (SSSR count). The van der Waals surface area contributed by atoms with Crippen LogP contribution in [0.3, 0.4) is 0 Å². The fraction of sp³-hybridized carbons (Fsp3) is 0.258. The molecule has 1 saturated heterocycles.